The molecule has 0 radical (unpaired) electrons. The van der Waals surface area contributed by atoms with Crippen LogP contribution in [0.1, 0.15) is 42.5 Å². The fourth-order valence-electron chi connectivity index (χ4n) is 1.90. The number of hydrogen-bond donors (Lipinski definition) is 2. The number of carbonyl (C=O) groups excluding carboxylic acids is 1. The SMILES string of the molecule is CCC(C)C(C(=O)O)n1c(C=O)ccc1CO. The lowest BCUT2D eigenvalue weighted by atomic mass is 9.98. The fraction of sp³-hybridized carbons (Fsp3) is 0.500. The average molecular weight is 239 g/mol. The fourth-order valence-corrected chi connectivity index (χ4v) is 1.90. The van der Waals surface area contributed by atoms with Gasteiger partial charge in [-0.15, -0.1) is 0 Å². The molecule has 5 nitrogen and oxygen atoms in total. The Morgan fingerprint density at radius 2 is 2.18 bits per heavy atom. The van der Waals surface area contributed by atoms with Crippen molar-refractivity contribution in [3.05, 3.63) is 23.5 Å². The van der Waals surface area contributed by atoms with E-state index in [4.69, 9.17) is 0 Å². The average Bonchev–Trinajstić information content (AvgIpc) is 2.71. The van der Waals surface area contributed by atoms with E-state index in [9.17, 15) is 19.8 Å². The third-order valence-corrected chi connectivity index (χ3v) is 3.03. The molecule has 1 aromatic rings. The first-order chi connectivity index (χ1) is 8.06. The van der Waals surface area contributed by atoms with Crippen LogP contribution >= 0.6 is 0 Å². The zero-order valence-electron chi connectivity index (χ0n) is 9.96. The molecule has 1 rings (SSSR count). The first kappa shape index (κ1) is 13.4. The van der Waals surface area contributed by atoms with Gasteiger partial charge in [0.1, 0.15) is 6.04 Å². The van der Waals surface area contributed by atoms with Crippen LogP contribution in [0.15, 0.2) is 12.1 Å². The predicted molar refractivity (Wildman–Crippen MR) is 61.9 cm³/mol. The number of aliphatic hydroxyl groups is 1. The molecule has 5 heteroatoms. The summed E-state index contributed by atoms with van der Waals surface area (Å²) < 4.78 is 1.41. The van der Waals surface area contributed by atoms with Crippen molar-refractivity contribution in [1.29, 1.82) is 0 Å². The molecule has 1 aromatic heterocycles. The highest BCUT2D eigenvalue weighted by Gasteiger charge is 2.28. The van der Waals surface area contributed by atoms with Crippen LogP contribution in [-0.4, -0.2) is 27.0 Å². The molecule has 0 bridgehead atoms. The zero-order chi connectivity index (χ0) is 13.0. The van der Waals surface area contributed by atoms with Gasteiger partial charge in [0.2, 0.25) is 0 Å². The van der Waals surface area contributed by atoms with E-state index in [-0.39, 0.29) is 18.2 Å². The van der Waals surface area contributed by atoms with Crippen LogP contribution in [0.4, 0.5) is 0 Å². The van der Waals surface area contributed by atoms with Gasteiger partial charge in [-0.2, -0.15) is 0 Å². The molecule has 2 N–H and O–H groups in total. The summed E-state index contributed by atoms with van der Waals surface area (Å²) in [6, 6.07) is 2.27. The molecule has 2 unspecified atom stereocenters. The molecule has 0 fully saturated rings. The van der Waals surface area contributed by atoms with Crippen molar-refractivity contribution in [1.82, 2.24) is 4.57 Å². The second-order valence-corrected chi connectivity index (χ2v) is 4.06. The summed E-state index contributed by atoms with van der Waals surface area (Å²) in [4.78, 5) is 22.2. The third-order valence-electron chi connectivity index (χ3n) is 3.03. The molecule has 1 heterocycles. The van der Waals surface area contributed by atoms with Crippen molar-refractivity contribution in [3.8, 4) is 0 Å². The van der Waals surface area contributed by atoms with Gasteiger partial charge in [-0.1, -0.05) is 20.3 Å². The van der Waals surface area contributed by atoms with Crippen LogP contribution in [0.2, 0.25) is 0 Å². The second kappa shape index (κ2) is 5.63. The van der Waals surface area contributed by atoms with Gasteiger partial charge in [0.05, 0.1) is 12.3 Å². The molecule has 94 valence electrons. The summed E-state index contributed by atoms with van der Waals surface area (Å²) in [5, 5.41) is 18.5. The Hall–Kier alpha value is -1.62. The smallest absolute Gasteiger partial charge is 0.326 e. The van der Waals surface area contributed by atoms with E-state index in [0.29, 0.717) is 18.4 Å². The van der Waals surface area contributed by atoms with E-state index in [0.717, 1.165) is 0 Å². The summed E-state index contributed by atoms with van der Waals surface area (Å²) in [5.41, 5.74) is 0.724. The molecule has 17 heavy (non-hydrogen) atoms. The molecule has 0 spiro atoms. The van der Waals surface area contributed by atoms with Crippen LogP contribution in [0, 0.1) is 5.92 Å². The molecule has 0 aliphatic carbocycles. The lowest BCUT2D eigenvalue weighted by Gasteiger charge is -2.23. The van der Waals surface area contributed by atoms with Crippen LogP contribution in [0.3, 0.4) is 0 Å². The maximum absolute atomic E-state index is 11.3. The van der Waals surface area contributed by atoms with Crippen molar-refractivity contribution in [3.63, 3.8) is 0 Å². The lowest BCUT2D eigenvalue weighted by molar-refractivity contribution is -0.142. The number of carboxylic acid groups (broad SMARTS) is 1. The van der Waals surface area contributed by atoms with E-state index in [1.165, 1.54) is 10.6 Å². The van der Waals surface area contributed by atoms with Gasteiger partial charge in [0, 0.05) is 5.69 Å². The van der Waals surface area contributed by atoms with Crippen LogP contribution in [0.5, 0.6) is 0 Å². The minimum absolute atomic E-state index is 0.121. The van der Waals surface area contributed by atoms with Gasteiger partial charge in [0.25, 0.3) is 0 Å². The van der Waals surface area contributed by atoms with Gasteiger partial charge < -0.3 is 14.8 Å². The van der Waals surface area contributed by atoms with E-state index in [1.54, 1.807) is 6.07 Å². The summed E-state index contributed by atoms with van der Waals surface area (Å²) in [6.07, 6.45) is 1.29. The molecule has 0 saturated heterocycles. The van der Waals surface area contributed by atoms with Gasteiger partial charge in [-0.25, -0.2) is 4.79 Å². The minimum atomic E-state index is -0.992. The first-order valence-corrected chi connectivity index (χ1v) is 5.55. The number of carboxylic acids is 1. The molecule has 0 aromatic carbocycles. The third kappa shape index (κ3) is 2.55. The minimum Gasteiger partial charge on any atom is -0.480 e. The largest absolute Gasteiger partial charge is 0.480 e. The Morgan fingerprint density at radius 3 is 2.59 bits per heavy atom. The Morgan fingerprint density at radius 1 is 1.53 bits per heavy atom. The summed E-state index contributed by atoms with van der Waals surface area (Å²) >= 11 is 0. The molecule has 2 atom stereocenters. The van der Waals surface area contributed by atoms with E-state index >= 15 is 0 Å². The normalized spacial score (nSPS) is 14.3. The van der Waals surface area contributed by atoms with E-state index in [2.05, 4.69) is 0 Å². The Labute approximate surface area is 99.7 Å². The summed E-state index contributed by atoms with van der Waals surface area (Å²) in [6.45, 7) is 3.42. The van der Waals surface area contributed by atoms with Crippen molar-refractivity contribution in [2.24, 2.45) is 5.92 Å². The molecular formula is C12H17NO4. The quantitative estimate of drug-likeness (QED) is 0.737. The van der Waals surface area contributed by atoms with Crippen molar-refractivity contribution in [2.75, 3.05) is 0 Å². The van der Waals surface area contributed by atoms with Gasteiger partial charge in [-0.05, 0) is 18.1 Å². The number of nitrogens with zero attached hydrogens (tertiary/aromatic N) is 1. The highest BCUT2D eigenvalue weighted by molar-refractivity contribution is 5.77. The second-order valence-electron chi connectivity index (χ2n) is 4.06. The Bertz CT molecular complexity index is 411. The number of carbonyl (C=O) groups is 2. The van der Waals surface area contributed by atoms with Crippen LogP contribution < -0.4 is 0 Å². The summed E-state index contributed by atoms with van der Waals surface area (Å²) in [7, 11) is 0. The number of hydrogen-bond acceptors (Lipinski definition) is 3. The monoisotopic (exact) mass is 239 g/mol. The summed E-state index contributed by atoms with van der Waals surface area (Å²) in [5.74, 6) is -1.11. The first-order valence-electron chi connectivity index (χ1n) is 5.55. The van der Waals surface area contributed by atoms with Gasteiger partial charge in [0.15, 0.2) is 6.29 Å². The maximum atomic E-state index is 11.3. The predicted octanol–water partition coefficient (Wildman–Crippen LogP) is 1.46. The van der Waals surface area contributed by atoms with E-state index in [1.807, 2.05) is 13.8 Å². The van der Waals surface area contributed by atoms with Crippen LogP contribution in [0.25, 0.3) is 0 Å². The topological polar surface area (TPSA) is 79.5 Å². The zero-order valence-corrected chi connectivity index (χ0v) is 9.96. The highest BCUT2D eigenvalue weighted by atomic mass is 16.4. The number of aromatic nitrogens is 1. The number of aliphatic carboxylic acids is 1. The number of aldehydes is 1. The van der Waals surface area contributed by atoms with Crippen molar-refractivity contribution in [2.45, 2.75) is 32.9 Å². The van der Waals surface area contributed by atoms with Gasteiger partial charge >= 0.3 is 5.97 Å². The Kier molecular flexibility index (Phi) is 4.45. The number of aliphatic hydroxyl groups excluding tert-OH is 1. The molecular weight excluding hydrogens is 222 g/mol. The van der Waals surface area contributed by atoms with Crippen LogP contribution in [-0.2, 0) is 11.4 Å². The van der Waals surface area contributed by atoms with Crippen molar-refractivity contribution < 1.29 is 19.8 Å². The number of rotatable bonds is 6. The molecule has 0 aliphatic heterocycles. The lowest BCUT2D eigenvalue weighted by Crippen LogP contribution is -2.28. The van der Waals surface area contributed by atoms with Gasteiger partial charge in [-0.3, -0.25) is 4.79 Å². The van der Waals surface area contributed by atoms with E-state index < -0.39 is 12.0 Å². The molecule has 0 saturated carbocycles. The maximum Gasteiger partial charge on any atom is 0.326 e. The molecule has 0 amide bonds. The Balaban J connectivity index is 3.30. The highest BCUT2D eigenvalue weighted by Crippen LogP contribution is 2.25. The van der Waals surface area contributed by atoms with Crippen molar-refractivity contribution >= 4 is 12.3 Å². The molecule has 0 aliphatic rings. The standard InChI is InChI=1S/C12H17NO4/c1-3-8(2)11(12(16)17)13-9(6-14)4-5-10(13)7-15/h4-6,8,11,15H,3,7H2,1-2H3,(H,16,17).